The van der Waals surface area contributed by atoms with Crippen molar-refractivity contribution in [2.45, 2.75) is 6.42 Å². The van der Waals surface area contributed by atoms with E-state index in [1.165, 1.54) is 5.56 Å². The Kier molecular flexibility index (Phi) is 2.82. The third-order valence-corrected chi connectivity index (χ3v) is 3.00. The summed E-state index contributed by atoms with van der Waals surface area (Å²) < 4.78 is 0. The lowest BCUT2D eigenvalue weighted by molar-refractivity contribution is 0.969. The number of nitrogens with two attached hydrogens (primary N) is 1. The highest BCUT2D eigenvalue weighted by atomic mass is 15.2. The molecule has 1 aliphatic rings. The zero-order valence-corrected chi connectivity index (χ0v) is 9.98. The number of nitrogens with one attached hydrogen (secondary N) is 2. The maximum atomic E-state index is 5.59. The molecular formula is C13H15N5. The zero-order chi connectivity index (χ0) is 12.4. The Balaban J connectivity index is 2.05. The van der Waals surface area contributed by atoms with E-state index >= 15 is 0 Å². The van der Waals surface area contributed by atoms with Gasteiger partial charge in [-0.2, -0.15) is 0 Å². The predicted octanol–water partition coefficient (Wildman–Crippen LogP) is 1.44. The number of hydrogen-bond donors (Lipinski definition) is 3. The van der Waals surface area contributed by atoms with Gasteiger partial charge in [0, 0.05) is 5.56 Å². The van der Waals surface area contributed by atoms with E-state index in [9.17, 15) is 0 Å². The molecule has 5 nitrogen and oxygen atoms in total. The number of rotatable bonds is 3. The number of nitrogens with zero attached hydrogens (tertiary/aromatic N) is 2. The van der Waals surface area contributed by atoms with Gasteiger partial charge in [0.25, 0.3) is 0 Å². The Morgan fingerprint density at radius 2 is 2.17 bits per heavy atom. The van der Waals surface area contributed by atoms with Gasteiger partial charge in [-0.3, -0.25) is 0 Å². The summed E-state index contributed by atoms with van der Waals surface area (Å²) in [6.07, 6.45) is 2.47. The molecule has 0 aliphatic carbocycles. The van der Waals surface area contributed by atoms with E-state index in [-0.39, 0.29) is 0 Å². The topological polar surface area (TPSA) is 75.9 Å². The monoisotopic (exact) mass is 241 g/mol. The van der Waals surface area contributed by atoms with Crippen molar-refractivity contribution in [2.75, 3.05) is 23.8 Å². The normalized spacial score (nSPS) is 12.7. The Morgan fingerprint density at radius 1 is 1.22 bits per heavy atom. The van der Waals surface area contributed by atoms with Gasteiger partial charge in [-0.25, -0.2) is 9.97 Å². The first-order valence-electron chi connectivity index (χ1n) is 6.00. The van der Waals surface area contributed by atoms with Gasteiger partial charge in [0.2, 0.25) is 0 Å². The van der Waals surface area contributed by atoms with Crippen LogP contribution < -0.4 is 16.4 Å². The van der Waals surface area contributed by atoms with Gasteiger partial charge in [0.1, 0.15) is 12.0 Å². The quantitative estimate of drug-likeness (QED) is 0.758. The van der Waals surface area contributed by atoms with E-state index in [0.717, 1.165) is 29.2 Å². The first-order chi connectivity index (χ1) is 8.88. The van der Waals surface area contributed by atoms with E-state index in [1.54, 1.807) is 6.33 Å². The number of benzene rings is 1. The minimum absolute atomic E-state index is 0.658. The van der Waals surface area contributed by atoms with Crippen molar-refractivity contribution in [3.8, 4) is 11.3 Å². The minimum atomic E-state index is 0.658. The van der Waals surface area contributed by atoms with Gasteiger partial charge in [-0.15, -0.1) is 0 Å². The average molecular weight is 241 g/mol. The third kappa shape index (κ3) is 1.89. The van der Waals surface area contributed by atoms with Crippen LogP contribution in [0.3, 0.4) is 0 Å². The van der Waals surface area contributed by atoms with Gasteiger partial charge in [-0.05, 0) is 24.6 Å². The number of aromatic nitrogens is 2. The maximum Gasteiger partial charge on any atom is 0.154 e. The number of anilines is 2. The maximum absolute atomic E-state index is 5.59. The van der Waals surface area contributed by atoms with Crippen LogP contribution in [0.2, 0.25) is 0 Å². The van der Waals surface area contributed by atoms with Crippen LogP contribution >= 0.6 is 0 Å². The smallest absolute Gasteiger partial charge is 0.154 e. The Morgan fingerprint density at radius 3 is 3.06 bits per heavy atom. The van der Waals surface area contributed by atoms with Gasteiger partial charge < -0.3 is 16.4 Å². The molecule has 18 heavy (non-hydrogen) atoms. The van der Waals surface area contributed by atoms with Crippen molar-refractivity contribution in [1.82, 2.24) is 9.97 Å². The summed E-state index contributed by atoms with van der Waals surface area (Å²) in [7, 11) is 0. The summed E-state index contributed by atoms with van der Waals surface area (Å²) in [6, 6.07) is 8.32. The van der Waals surface area contributed by atoms with E-state index in [2.05, 4.69) is 38.8 Å². The highest BCUT2D eigenvalue weighted by Crippen LogP contribution is 2.33. The molecule has 0 unspecified atom stereocenters. The number of fused-ring (bicyclic) bond motifs is 1. The second kappa shape index (κ2) is 4.62. The molecule has 0 saturated heterocycles. The lowest BCUT2D eigenvalue weighted by atomic mass is 10.0. The summed E-state index contributed by atoms with van der Waals surface area (Å²) >= 11 is 0. The standard InChI is InChI=1S/C13H15N5/c14-5-4-9-2-1-3-10(6-9)11-12-13(17-7-15-11)18-8-16-12/h1-3,6-7,16H,4-5,8,14H2,(H,15,17,18). The van der Waals surface area contributed by atoms with E-state index < -0.39 is 0 Å². The second-order valence-electron chi connectivity index (χ2n) is 4.22. The molecule has 92 valence electrons. The SMILES string of the molecule is NCCc1cccc(-c2ncnc3c2NCN3)c1. The molecule has 3 rings (SSSR count). The Bertz CT molecular complexity index is 567. The molecule has 2 heterocycles. The first kappa shape index (κ1) is 11.0. The number of hydrogen-bond acceptors (Lipinski definition) is 5. The summed E-state index contributed by atoms with van der Waals surface area (Å²) in [6.45, 7) is 1.36. The van der Waals surface area contributed by atoms with E-state index in [4.69, 9.17) is 5.73 Å². The summed E-state index contributed by atoms with van der Waals surface area (Å²) in [5.74, 6) is 0.865. The molecule has 0 fully saturated rings. The zero-order valence-electron chi connectivity index (χ0n) is 9.98. The molecule has 1 aliphatic heterocycles. The molecule has 1 aromatic heterocycles. The van der Waals surface area contributed by atoms with Gasteiger partial charge in [0.15, 0.2) is 5.82 Å². The average Bonchev–Trinajstić information content (AvgIpc) is 2.87. The van der Waals surface area contributed by atoms with Crippen molar-refractivity contribution in [1.29, 1.82) is 0 Å². The van der Waals surface area contributed by atoms with E-state index in [1.807, 2.05) is 6.07 Å². The van der Waals surface area contributed by atoms with Gasteiger partial charge in [-0.1, -0.05) is 18.2 Å². The predicted molar refractivity (Wildman–Crippen MR) is 72.3 cm³/mol. The highest BCUT2D eigenvalue weighted by Gasteiger charge is 2.16. The fraction of sp³-hybridized carbons (Fsp3) is 0.231. The molecule has 0 radical (unpaired) electrons. The molecule has 5 heteroatoms. The van der Waals surface area contributed by atoms with Crippen LogP contribution in [0.1, 0.15) is 5.56 Å². The Hall–Kier alpha value is -2.14. The molecule has 2 aromatic rings. The van der Waals surface area contributed by atoms with Crippen LogP contribution in [0.5, 0.6) is 0 Å². The van der Waals surface area contributed by atoms with Crippen molar-refractivity contribution in [3.05, 3.63) is 36.2 Å². The third-order valence-electron chi connectivity index (χ3n) is 3.00. The second-order valence-corrected chi connectivity index (χ2v) is 4.22. The van der Waals surface area contributed by atoms with Crippen molar-refractivity contribution >= 4 is 11.5 Å². The van der Waals surface area contributed by atoms with Crippen LogP contribution in [0, 0.1) is 0 Å². The van der Waals surface area contributed by atoms with Gasteiger partial charge in [0.05, 0.1) is 12.4 Å². The lowest BCUT2D eigenvalue weighted by Gasteiger charge is -2.07. The van der Waals surface area contributed by atoms with Crippen molar-refractivity contribution in [3.63, 3.8) is 0 Å². The van der Waals surface area contributed by atoms with Crippen molar-refractivity contribution in [2.24, 2.45) is 5.73 Å². The van der Waals surface area contributed by atoms with Crippen molar-refractivity contribution < 1.29 is 0 Å². The fourth-order valence-electron chi connectivity index (χ4n) is 2.16. The van der Waals surface area contributed by atoms with Crippen LogP contribution in [-0.4, -0.2) is 23.2 Å². The summed E-state index contributed by atoms with van der Waals surface area (Å²) in [4.78, 5) is 8.58. The van der Waals surface area contributed by atoms with Crippen LogP contribution in [0.15, 0.2) is 30.6 Å². The molecule has 0 atom stereocenters. The first-order valence-corrected chi connectivity index (χ1v) is 6.00. The summed E-state index contributed by atoms with van der Waals surface area (Å²) in [5.41, 5.74) is 9.82. The molecule has 0 bridgehead atoms. The largest absolute Gasteiger partial charge is 0.363 e. The highest BCUT2D eigenvalue weighted by molar-refractivity contribution is 5.84. The molecule has 0 amide bonds. The minimum Gasteiger partial charge on any atom is -0.363 e. The molecule has 1 aromatic carbocycles. The van der Waals surface area contributed by atoms with Crippen LogP contribution in [0.4, 0.5) is 11.5 Å². The van der Waals surface area contributed by atoms with E-state index in [0.29, 0.717) is 13.2 Å². The van der Waals surface area contributed by atoms with Crippen LogP contribution in [-0.2, 0) is 6.42 Å². The summed E-state index contributed by atoms with van der Waals surface area (Å²) in [5, 5.41) is 6.43. The molecule has 0 saturated carbocycles. The van der Waals surface area contributed by atoms with Gasteiger partial charge >= 0.3 is 0 Å². The Labute approximate surface area is 105 Å². The fourth-order valence-corrected chi connectivity index (χ4v) is 2.16. The molecule has 0 spiro atoms. The molecular weight excluding hydrogens is 226 g/mol. The van der Waals surface area contributed by atoms with Crippen LogP contribution in [0.25, 0.3) is 11.3 Å². The lowest BCUT2D eigenvalue weighted by Crippen LogP contribution is -2.02. The molecule has 4 N–H and O–H groups in total.